The lowest BCUT2D eigenvalue weighted by Crippen LogP contribution is -2.48. The standard InChI is InChI=1S/C29H30F3N3O3S/c30-29(31,32)24-11-4-8-21(14-24)17-33-18-26(36)25(15-20-6-2-1-3-7-20)34-27(37)22-9-5-10-23(16-22)28(38)35-12-13-39-19-35/h1-11,14,16,25-26,33,36H,12-13,15,17-19H2,(H,34,37)/t25-,26+/m0/s1. The molecule has 0 spiro atoms. The number of benzene rings is 3. The molecule has 0 saturated carbocycles. The molecule has 3 aromatic rings. The molecule has 0 radical (unpaired) electrons. The molecule has 39 heavy (non-hydrogen) atoms. The van der Waals surface area contributed by atoms with Crippen molar-refractivity contribution in [3.8, 4) is 0 Å². The van der Waals surface area contributed by atoms with E-state index in [1.165, 1.54) is 6.07 Å². The first kappa shape index (κ1) is 28.7. The number of alkyl halides is 3. The van der Waals surface area contributed by atoms with E-state index in [1.54, 1.807) is 47.0 Å². The Morgan fingerprint density at radius 1 is 0.949 bits per heavy atom. The molecule has 3 aromatic carbocycles. The predicted molar refractivity (Wildman–Crippen MR) is 145 cm³/mol. The quantitative estimate of drug-likeness (QED) is 0.346. The predicted octanol–water partition coefficient (Wildman–Crippen LogP) is 4.34. The minimum atomic E-state index is -4.43. The molecule has 4 rings (SSSR count). The fraction of sp³-hybridized carbons (Fsp3) is 0.310. The van der Waals surface area contributed by atoms with Crippen LogP contribution in [0.3, 0.4) is 0 Å². The van der Waals surface area contributed by atoms with Crippen molar-refractivity contribution in [1.29, 1.82) is 0 Å². The van der Waals surface area contributed by atoms with Crippen LogP contribution in [0, 0.1) is 0 Å². The third-order valence-electron chi connectivity index (χ3n) is 6.43. The molecule has 1 fully saturated rings. The van der Waals surface area contributed by atoms with E-state index in [9.17, 15) is 27.9 Å². The van der Waals surface area contributed by atoms with E-state index in [1.807, 2.05) is 30.3 Å². The van der Waals surface area contributed by atoms with E-state index in [0.717, 1.165) is 23.4 Å². The Balaban J connectivity index is 1.43. The maximum atomic E-state index is 13.2. The fourth-order valence-electron chi connectivity index (χ4n) is 4.32. The number of rotatable bonds is 10. The molecule has 0 bridgehead atoms. The molecule has 0 aromatic heterocycles. The van der Waals surface area contributed by atoms with Crippen molar-refractivity contribution in [2.75, 3.05) is 24.7 Å². The van der Waals surface area contributed by atoms with Crippen molar-refractivity contribution in [2.24, 2.45) is 0 Å². The molecule has 10 heteroatoms. The summed E-state index contributed by atoms with van der Waals surface area (Å²) in [4.78, 5) is 27.7. The van der Waals surface area contributed by atoms with Crippen LogP contribution in [0.25, 0.3) is 0 Å². The molecule has 2 amide bonds. The van der Waals surface area contributed by atoms with Gasteiger partial charge in [-0.25, -0.2) is 0 Å². The van der Waals surface area contributed by atoms with Crippen LogP contribution in [0.2, 0.25) is 0 Å². The van der Waals surface area contributed by atoms with Crippen LogP contribution in [0.1, 0.15) is 37.4 Å². The summed E-state index contributed by atoms with van der Waals surface area (Å²) in [7, 11) is 0. The van der Waals surface area contributed by atoms with Gasteiger partial charge in [-0.1, -0.05) is 54.6 Å². The second-order valence-electron chi connectivity index (χ2n) is 9.35. The number of carbonyl (C=O) groups excluding carboxylic acids is 2. The summed E-state index contributed by atoms with van der Waals surface area (Å²) in [6.07, 6.45) is -5.13. The summed E-state index contributed by atoms with van der Waals surface area (Å²) >= 11 is 1.68. The number of carbonyl (C=O) groups is 2. The summed E-state index contributed by atoms with van der Waals surface area (Å²) in [5.41, 5.74) is 1.32. The van der Waals surface area contributed by atoms with Crippen molar-refractivity contribution in [3.05, 3.63) is 107 Å². The van der Waals surface area contributed by atoms with Crippen molar-refractivity contribution in [1.82, 2.24) is 15.5 Å². The molecule has 1 aliphatic rings. The Kier molecular flexibility index (Phi) is 9.66. The van der Waals surface area contributed by atoms with Gasteiger partial charge in [-0.05, 0) is 41.8 Å². The molecule has 0 unspecified atom stereocenters. The molecule has 1 heterocycles. The van der Waals surface area contributed by atoms with Gasteiger partial charge in [-0.3, -0.25) is 9.59 Å². The first-order valence-corrected chi connectivity index (χ1v) is 13.7. The molecule has 1 saturated heterocycles. The second-order valence-corrected chi connectivity index (χ2v) is 10.4. The zero-order chi connectivity index (χ0) is 27.8. The Bertz CT molecular complexity index is 1270. The third-order valence-corrected chi connectivity index (χ3v) is 7.39. The highest BCUT2D eigenvalue weighted by molar-refractivity contribution is 7.99. The minimum absolute atomic E-state index is 0.0409. The molecular weight excluding hydrogens is 527 g/mol. The van der Waals surface area contributed by atoms with Gasteiger partial charge in [0.05, 0.1) is 23.6 Å². The van der Waals surface area contributed by atoms with Gasteiger partial charge in [0.15, 0.2) is 0 Å². The van der Waals surface area contributed by atoms with Crippen LogP contribution in [0.5, 0.6) is 0 Å². The maximum Gasteiger partial charge on any atom is 0.416 e. The highest BCUT2D eigenvalue weighted by Crippen LogP contribution is 2.29. The number of hydrogen-bond acceptors (Lipinski definition) is 5. The number of halogens is 3. The van der Waals surface area contributed by atoms with Gasteiger partial charge in [0, 0.05) is 36.5 Å². The molecule has 6 nitrogen and oxygen atoms in total. The Hall–Kier alpha value is -3.34. The van der Waals surface area contributed by atoms with Crippen LogP contribution in [0.15, 0.2) is 78.9 Å². The Morgan fingerprint density at radius 3 is 2.38 bits per heavy atom. The Morgan fingerprint density at radius 2 is 1.67 bits per heavy atom. The van der Waals surface area contributed by atoms with Gasteiger partial charge in [-0.2, -0.15) is 13.2 Å². The zero-order valence-electron chi connectivity index (χ0n) is 21.2. The first-order chi connectivity index (χ1) is 18.7. The lowest BCUT2D eigenvalue weighted by molar-refractivity contribution is -0.137. The summed E-state index contributed by atoms with van der Waals surface area (Å²) < 4.78 is 39.1. The highest BCUT2D eigenvalue weighted by Gasteiger charge is 2.30. The van der Waals surface area contributed by atoms with Crippen molar-refractivity contribution >= 4 is 23.6 Å². The topological polar surface area (TPSA) is 81.7 Å². The molecule has 206 valence electrons. The van der Waals surface area contributed by atoms with E-state index >= 15 is 0 Å². The SMILES string of the molecule is O=C(N[C@@H](Cc1ccccc1)[C@H](O)CNCc1cccc(C(F)(F)F)c1)c1cccc(C(=O)N2CCSC2)c1. The van der Waals surface area contributed by atoms with Crippen LogP contribution in [0.4, 0.5) is 13.2 Å². The van der Waals surface area contributed by atoms with Gasteiger partial charge in [0.1, 0.15) is 0 Å². The molecule has 3 N–H and O–H groups in total. The van der Waals surface area contributed by atoms with Gasteiger partial charge < -0.3 is 20.6 Å². The van der Waals surface area contributed by atoms with Gasteiger partial charge in [0.2, 0.25) is 0 Å². The lowest BCUT2D eigenvalue weighted by Gasteiger charge is -2.25. The number of aliphatic hydroxyl groups excluding tert-OH is 1. The summed E-state index contributed by atoms with van der Waals surface area (Å²) in [6.45, 7) is 0.823. The smallest absolute Gasteiger partial charge is 0.390 e. The van der Waals surface area contributed by atoms with Crippen LogP contribution < -0.4 is 10.6 Å². The second kappa shape index (κ2) is 13.1. The van der Waals surface area contributed by atoms with Gasteiger partial charge >= 0.3 is 6.18 Å². The highest BCUT2D eigenvalue weighted by atomic mass is 32.2. The van der Waals surface area contributed by atoms with Crippen molar-refractivity contribution in [3.63, 3.8) is 0 Å². The largest absolute Gasteiger partial charge is 0.416 e. The first-order valence-electron chi connectivity index (χ1n) is 12.6. The fourth-order valence-corrected chi connectivity index (χ4v) is 5.26. The monoisotopic (exact) mass is 557 g/mol. The zero-order valence-corrected chi connectivity index (χ0v) is 22.0. The van der Waals surface area contributed by atoms with Gasteiger partial charge in [0.25, 0.3) is 11.8 Å². The van der Waals surface area contributed by atoms with E-state index in [2.05, 4.69) is 10.6 Å². The average Bonchev–Trinajstić information content (AvgIpc) is 3.48. The van der Waals surface area contributed by atoms with Crippen LogP contribution in [-0.4, -0.2) is 58.7 Å². The van der Waals surface area contributed by atoms with Crippen molar-refractivity contribution < 1.29 is 27.9 Å². The number of nitrogens with one attached hydrogen (secondary N) is 2. The Labute approximate surface area is 229 Å². The van der Waals surface area contributed by atoms with Crippen LogP contribution in [-0.2, 0) is 19.1 Å². The normalized spacial score (nSPS) is 15.1. The molecule has 1 aliphatic heterocycles. The minimum Gasteiger partial charge on any atom is -0.390 e. The van der Waals surface area contributed by atoms with E-state index in [-0.39, 0.29) is 19.0 Å². The average molecular weight is 558 g/mol. The number of nitrogens with zero attached hydrogens (tertiary/aromatic N) is 1. The number of amides is 2. The lowest BCUT2D eigenvalue weighted by atomic mass is 10.00. The molecule has 0 aliphatic carbocycles. The summed E-state index contributed by atoms with van der Waals surface area (Å²) in [5.74, 6) is 0.938. The third kappa shape index (κ3) is 8.08. The van der Waals surface area contributed by atoms with Gasteiger partial charge in [-0.15, -0.1) is 11.8 Å². The molecule has 2 atom stereocenters. The number of hydrogen-bond donors (Lipinski definition) is 3. The van der Waals surface area contributed by atoms with E-state index in [0.29, 0.717) is 35.5 Å². The number of aliphatic hydroxyl groups is 1. The summed E-state index contributed by atoms with van der Waals surface area (Å²) in [6, 6.07) is 20.2. The van der Waals surface area contributed by atoms with E-state index < -0.39 is 29.8 Å². The molecular formula is C29H30F3N3O3S. The van der Waals surface area contributed by atoms with Crippen molar-refractivity contribution in [2.45, 2.75) is 31.3 Å². The maximum absolute atomic E-state index is 13.2. The van der Waals surface area contributed by atoms with Crippen LogP contribution >= 0.6 is 11.8 Å². The van der Waals surface area contributed by atoms with E-state index in [4.69, 9.17) is 0 Å². The number of thioether (sulfide) groups is 1. The summed E-state index contributed by atoms with van der Waals surface area (Å²) in [5, 5.41) is 16.9.